The monoisotopic (exact) mass is 289 g/mol. The van der Waals surface area contributed by atoms with Crippen molar-refractivity contribution in [2.45, 2.75) is 19.4 Å². The predicted octanol–water partition coefficient (Wildman–Crippen LogP) is 3.28. The molecule has 1 aromatic rings. The van der Waals surface area contributed by atoms with Gasteiger partial charge in [0.2, 0.25) is 0 Å². The molecule has 0 aliphatic heterocycles. The number of halogens is 2. The second-order valence-corrected chi connectivity index (χ2v) is 4.55. The SMILES string of the molecule is COCCCNC(C)c1ccc(F)c(Br)c1. The predicted molar refractivity (Wildman–Crippen MR) is 67.0 cm³/mol. The first-order valence-corrected chi connectivity index (χ1v) is 6.11. The number of hydrogen-bond acceptors (Lipinski definition) is 2. The zero-order valence-corrected chi connectivity index (χ0v) is 11.2. The van der Waals surface area contributed by atoms with Gasteiger partial charge in [-0.15, -0.1) is 0 Å². The van der Waals surface area contributed by atoms with Crippen molar-refractivity contribution in [1.82, 2.24) is 5.32 Å². The zero-order chi connectivity index (χ0) is 12.0. The van der Waals surface area contributed by atoms with Crippen LogP contribution in [0.15, 0.2) is 22.7 Å². The van der Waals surface area contributed by atoms with E-state index < -0.39 is 0 Å². The molecule has 1 atom stereocenters. The number of hydrogen-bond donors (Lipinski definition) is 1. The highest BCUT2D eigenvalue weighted by Crippen LogP contribution is 2.21. The van der Waals surface area contributed by atoms with Crippen LogP contribution in [-0.4, -0.2) is 20.3 Å². The van der Waals surface area contributed by atoms with Gasteiger partial charge in [-0.1, -0.05) is 6.07 Å². The minimum atomic E-state index is -0.227. The summed E-state index contributed by atoms with van der Waals surface area (Å²) in [4.78, 5) is 0. The van der Waals surface area contributed by atoms with Crippen LogP contribution in [0.5, 0.6) is 0 Å². The maximum Gasteiger partial charge on any atom is 0.137 e. The molecule has 4 heteroatoms. The van der Waals surface area contributed by atoms with Crippen molar-refractivity contribution >= 4 is 15.9 Å². The Kier molecular flexibility index (Phi) is 5.95. The second kappa shape index (κ2) is 6.99. The van der Waals surface area contributed by atoms with E-state index in [1.165, 1.54) is 6.07 Å². The van der Waals surface area contributed by atoms with Crippen LogP contribution in [0.4, 0.5) is 4.39 Å². The van der Waals surface area contributed by atoms with E-state index in [0.29, 0.717) is 4.47 Å². The molecule has 16 heavy (non-hydrogen) atoms. The van der Waals surface area contributed by atoms with Crippen LogP contribution < -0.4 is 5.32 Å². The highest BCUT2D eigenvalue weighted by Gasteiger charge is 2.06. The number of ether oxygens (including phenoxy) is 1. The number of benzene rings is 1. The molecule has 1 unspecified atom stereocenters. The first-order chi connectivity index (χ1) is 7.65. The Morgan fingerprint density at radius 3 is 2.88 bits per heavy atom. The second-order valence-electron chi connectivity index (χ2n) is 3.70. The Balaban J connectivity index is 2.46. The molecule has 0 aromatic heterocycles. The zero-order valence-electron chi connectivity index (χ0n) is 9.59. The smallest absolute Gasteiger partial charge is 0.137 e. The molecule has 2 nitrogen and oxygen atoms in total. The summed E-state index contributed by atoms with van der Waals surface area (Å²) < 4.78 is 18.5. The highest BCUT2D eigenvalue weighted by molar-refractivity contribution is 9.10. The van der Waals surface area contributed by atoms with E-state index in [2.05, 4.69) is 28.2 Å². The van der Waals surface area contributed by atoms with Crippen molar-refractivity contribution < 1.29 is 9.13 Å². The molecule has 0 fully saturated rings. The molecular formula is C12H17BrFNO. The van der Waals surface area contributed by atoms with Crippen LogP contribution in [0.2, 0.25) is 0 Å². The fourth-order valence-corrected chi connectivity index (χ4v) is 1.83. The Labute approximate surface area is 104 Å². The molecule has 0 heterocycles. The van der Waals surface area contributed by atoms with Gasteiger partial charge in [-0.05, 0) is 53.5 Å². The largest absolute Gasteiger partial charge is 0.385 e. The molecular weight excluding hydrogens is 273 g/mol. The van der Waals surface area contributed by atoms with E-state index in [0.717, 1.165) is 25.1 Å². The fraction of sp³-hybridized carbons (Fsp3) is 0.500. The first kappa shape index (κ1) is 13.6. The molecule has 0 bridgehead atoms. The van der Waals surface area contributed by atoms with Gasteiger partial charge in [0.05, 0.1) is 4.47 Å². The van der Waals surface area contributed by atoms with Crippen LogP contribution in [0.25, 0.3) is 0 Å². The fourth-order valence-electron chi connectivity index (χ4n) is 1.43. The van der Waals surface area contributed by atoms with Crippen molar-refractivity contribution in [1.29, 1.82) is 0 Å². The van der Waals surface area contributed by atoms with E-state index in [9.17, 15) is 4.39 Å². The van der Waals surface area contributed by atoms with Crippen molar-refractivity contribution in [2.75, 3.05) is 20.3 Å². The van der Waals surface area contributed by atoms with Gasteiger partial charge < -0.3 is 10.1 Å². The van der Waals surface area contributed by atoms with Crippen molar-refractivity contribution in [3.05, 3.63) is 34.1 Å². The Bertz CT molecular complexity index is 333. The van der Waals surface area contributed by atoms with Gasteiger partial charge in [0, 0.05) is 19.8 Å². The standard InChI is InChI=1S/C12H17BrFNO/c1-9(15-6-3-7-16-2)10-4-5-12(14)11(13)8-10/h4-5,8-9,15H,3,6-7H2,1-2H3. The summed E-state index contributed by atoms with van der Waals surface area (Å²) in [6.07, 6.45) is 0.975. The van der Waals surface area contributed by atoms with Crippen LogP contribution in [0, 0.1) is 5.82 Å². The van der Waals surface area contributed by atoms with Crippen LogP contribution in [-0.2, 0) is 4.74 Å². The third-order valence-electron chi connectivity index (χ3n) is 2.42. The van der Waals surface area contributed by atoms with Gasteiger partial charge in [-0.25, -0.2) is 4.39 Å². The molecule has 0 spiro atoms. The molecule has 0 amide bonds. The van der Waals surface area contributed by atoms with Crippen LogP contribution in [0.3, 0.4) is 0 Å². The molecule has 1 rings (SSSR count). The molecule has 0 saturated carbocycles. The first-order valence-electron chi connectivity index (χ1n) is 5.32. The quantitative estimate of drug-likeness (QED) is 0.812. The third-order valence-corrected chi connectivity index (χ3v) is 3.03. The molecule has 0 radical (unpaired) electrons. The van der Waals surface area contributed by atoms with Crippen molar-refractivity contribution in [3.63, 3.8) is 0 Å². The minimum absolute atomic E-state index is 0.216. The summed E-state index contributed by atoms with van der Waals surface area (Å²) in [5, 5.41) is 3.36. The average molecular weight is 290 g/mol. The summed E-state index contributed by atoms with van der Waals surface area (Å²) in [7, 11) is 1.69. The topological polar surface area (TPSA) is 21.3 Å². The summed E-state index contributed by atoms with van der Waals surface area (Å²) in [6.45, 7) is 3.71. The lowest BCUT2D eigenvalue weighted by molar-refractivity contribution is 0.193. The van der Waals surface area contributed by atoms with E-state index in [1.807, 2.05) is 6.07 Å². The molecule has 0 aliphatic carbocycles. The molecule has 1 aromatic carbocycles. The van der Waals surface area contributed by atoms with Gasteiger partial charge in [0.25, 0.3) is 0 Å². The Morgan fingerprint density at radius 1 is 1.50 bits per heavy atom. The Hall–Kier alpha value is -0.450. The normalized spacial score (nSPS) is 12.8. The van der Waals surface area contributed by atoms with Gasteiger partial charge in [0.1, 0.15) is 5.82 Å². The van der Waals surface area contributed by atoms with Gasteiger partial charge in [0.15, 0.2) is 0 Å². The van der Waals surface area contributed by atoms with Crippen molar-refractivity contribution in [2.24, 2.45) is 0 Å². The van der Waals surface area contributed by atoms with E-state index in [4.69, 9.17) is 4.74 Å². The van der Waals surface area contributed by atoms with E-state index >= 15 is 0 Å². The summed E-state index contributed by atoms with van der Waals surface area (Å²) in [6, 6.07) is 5.30. The lowest BCUT2D eigenvalue weighted by Crippen LogP contribution is -2.20. The van der Waals surface area contributed by atoms with Gasteiger partial charge in [-0.2, -0.15) is 0 Å². The number of nitrogens with one attached hydrogen (secondary N) is 1. The summed E-state index contributed by atoms with van der Waals surface area (Å²) in [5.41, 5.74) is 1.07. The lowest BCUT2D eigenvalue weighted by atomic mass is 10.1. The average Bonchev–Trinajstić information content (AvgIpc) is 2.28. The number of rotatable bonds is 6. The molecule has 0 aliphatic rings. The maximum atomic E-state index is 13.0. The number of methoxy groups -OCH3 is 1. The molecule has 1 N–H and O–H groups in total. The van der Waals surface area contributed by atoms with Crippen LogP contribution in [0.1, 0.15) is 24.9 Å². The van der Waals surface area contributed by atoms with E-state index in [1.54, 1.807) is 13.2 Å². The summed E-state index contributed by atoms with van der Waals surface area (Å²) >= 11 is 3.18. The van der Waals surface area contributed by atoms with Gasteiger partial charge in [-0.3, -0.25) is 0 Å². The van der Waals surface area contributed by atoms with Gasteiger partial charge >= 0.3 is 0 Å². The highest BCUT2D eigenvalue weighted by atomic mass is 79.9. The Morgan fingerprint density at radius 2 is 2.25 bits per heavy atom. The molecule has 90 valence electrons. The van der Waals surface area contributed by atoms with Crippen LogP contribution >= 0.6 is 15.9 Å². The summed E-state index contributed by atoms with van der Waals surface area (Å²) in [5.74, 6) is -0.227. The maximum absolute atomic E-state index is 13.0. The van der Waals surface area contributed by atoms with Crippen molar-refractivity contribution in [3.8, 4) is 0 Å². The van der Waals surface area contributed by atoms with E-state index in [-0.39, 0.29) is 11.9 Å². The minimum Gasteiger partial charge on any atom is -0.385 e. The molecule has 0 saturated heterocycles. The lowest BCUT2D eigenvalue weighted by Gasteiger charge is -2.14. The third kappa shape index (κ3) is 4.20.